The van der Waals surface area contributed by atoms with Crippen molar-refractivity contribution in [2.45, 2.75) is 17.5 Å². The molecule has 0 bridgehead atoms. The smallest absolute Gasteiger partial charge is 0.309 e. The maximum Gasteiger partial charge on any atom is 0.309 e. The van der Waals surface area contributed by atoms with Crippen molar-refractivity contribution in [3.05, 3.63) is 54.1 Å². The summed E-state index contributed by atoms with van der Waals surface area (Å²) < 4.78 is 43.9. The van der Waals surface area contributed by atoms with E-state index in [4.69, 9.17) is 14.2 Å². The molecule has 2 heterocycles. The van der Waals surface area contributed by atoms with Gasteiger partial charge in [-0.2, -0.15) is 4.31 Å². The van der Waals surface area contributed by atoms with Crippen LogP contribution in [0.3, 0.4) is 0 Å². The molecular weight excluding hydrogens is 450 g/mol. The lowest BCUT2D eigenvalue weighted by atomic mass is 10.1. The highest BCUT2D eigenvalue weighted by atomic mass is 32.2. The second-order valence-corrected chi connectivity index (χ2v) is 9.34. The minimum atomic E-state index is -3.91. The van der Waals surface area contributed by atoms with Crippen LogP contribution in [-0.4, -0.2) is 70.2 Å². The zero-order valence-electron chi connectivity index (χ0n) is 17.9. The number of hydrogen-bond donors (Lipinski definition) is 2. The molecule has 0 radical (unpaired) electrons. The molecule has 11 heteroatoms. The molecule has 33 heavy (non-hydrogen) atoms. The molecule has 10 nitrogen and oxygen atoms in total. The molecule has 176 valence electrons. The summed E-state index contributed by atoms with van der Waals surface area (Å²) >= 11 is 0. The summed E-state index contributed by atoms with van der Waals surface area (Å²) in [6.45, 7) is 1.19. The number of ether oxygens (including phenoxy) is 3. The van der Waals surface area contributed by atoms with Gasteiger partial charge in [-0.1, -0.05) is 30.3 Å². The number of nitrogens with one attached hydrogen (secondary N) is 2. The maximum atomic E-state index is 13.1. The Morgan fingerprint density at radius 3 is 2.45 bits per heavy atom. The zero-order valence-corrected chi connectivity index (χ0v) is 18.7. The average Bonchev–Trinajstić information content (AvgIpc) is 3.32. The lowest BCUT2D eigenvalue weighted by molar-refractivity contribution is -0.139. The molecule has 0 aliphatic carbocycles. The fourth-order valence-electron chi connectivity index (χ4n) is 3.57. The summed E-state index contributed by atoms with van der Waals surface area (Å²) in [4.78, 5) is 24.2. The molecule has 2 aromatic carbocycles. The fourth-order valence-corrected chi connectivity index (χ4v) is 5.09. The van der Waals surface area contributed by atoms with Gasteiger partial charge in [0.15, 0.2) is 11.5 Å². The van der Waals surface area contributed by atoms with E-state index in [0.717, 1.165) is 9.87 Å². The third kappa shape index (κ3) is 5.44. The van der Waals surface area contributed by atoms with E-state index in [-0.39, 0.29) is 24.6 Å². The lowest BCUT2D eigenvalue weighted by Gasteiger charge is -2.24. The van der Waals surface area contributed by atoms with Crippen LogP contribution in [0.5, 0.6) is 11.5 Å². The molecule has 2 aliphatic rings. The van der Waals surface area contributed by atoms with E-state index in [0.29, 0.717) is 37.7 Å². The van der Waals surface area contributed by atoms with E-state index >= 15 is 0 Å². The van der Waals surface area contributed by atoms with Crippen LogP contribution in [0.2, 0.25) is 0 Å². The summed E-state index contributed by atoms with van der Waals surface area (Å²) in [5.74, 6) is -0.792. The third-order valence-electron chi connectivity index (χ3n) is 5.25. The first-order valence-electron chi connectivity index (χ1n) is 10.6. The lowest BCUT2D eigenvalue weighted by Crippen LogP contribution is -2.47. The standard InChI is InChI=1S/C22H25N3O7S/c26-21(23-9-8-16-4-2-1-3-5-16)22(27)24-15-20-25(10-11-32-20)33(28,29)17-6-7-18-19(14-17)31-13-12-30-18/h1-7,14,20H,8-13,15H2,(H,23,26)(H,24,27)/t20-/m0/s1. The van der Waals surface area contributed by atoms with Crippen molar-refractivity contribution in [2.75, 3.05) is 39.5 Å². The number of nitrogens with zero attached hydrogens (tertiary/aromatic N) is 1. The number of rotatable bonds is 7. The Balaban J connectivity index is 1.31. The highest BCUT2D eigenvalue weighted by Gasteiger charge is 2.37. The van der Waals surface area contributed by atoms with Gasteiger partial charge in [0.25, 0.3) is 0 Å². The predicted octanol–water partition coefficient (Wildman–Crippen LogP) is 0.280. The summed E-state index contributed by atoms with van der Waals surface area (Å²) in [5, 5.41) is 5.00. The molecule has 1 fully saturated rings. The van der Waals surface area contributed by atoms with Gasteiger partial charge in [-0.05, 0) is 24.1 Å². The first-order chi connectivity index (χ1) is 15.9. The normalized spacial score (nSPS) is 18.0. The second-order valence-electron chi connectivity index (χ2n) is 7.45. The third-order valence-corrected chi connectivity index (χ3v) is 7.13. The number of fused-ring (bicyclic) bond motifs is 1. The van der Waals surface area contributed by atoms with Gasteiger partial charge in [0.05, 0.1) is 18.0 Å². The number of benzene rings is 2. The van der Waals surface area contributed by atoms with Crippen molar-refractivity contribution < 1.29 is 32.2 Å². The van der Waals surface area contributed by atoms with Crippen LogP contribution in [-0.2, 0) is 30.8 Å². The van der Waals surface area contributed by atoms with Crippen LogP contribution >= 0.6 is 0 Å². The fraction of sp³-hybridized carbons (Fsp3) is 0.364. The Kier molecular flexibility index (Phi) is 7.11. The van der Waals surface area contributed by atoms with Gasteiger partial charge in [-0.3, -0.25) is 9.59 Å². The Hall–Kier alpha value is -3.15. The molecule has 0 spiro atoms. The van der Waals surface area contributed by atoms with Crippen molar-refractivity contribution in [1.82, 2.24) is 14.9 Å². The molecular formula is C22H25N3O7S. The first kappa shape index (κ1) is 23.0. The molecule has 4 rings (SSSR count). The van der Waals surface area contributed by atoms with E-state index in [1.54, 1.807) is 6.07 Å². The topological polar surface area (TPSA) is 123 Å². The molecule has 0 saturated carbocycles. The van der Waals surface area contributed by atoms with Crippen LogP contribution in [0.15, 0.2) is 53.4 Å². The highest BCUT2D eigenvalue weighted by Crippen LogP contribution is 2.34. The van der Waals surface area contributed by atoms with Crippen molar-refractivity contribution in [1.29, 1.82) is 0 Å². The van der Waals surface area contributed by atoms with Crippen molar-refractivity contribution in [3.63, 3.8) is 0 Å². The Labute approximate surface area is 191 Å². The zero-order chi connectivity index (χ0) is 23.3. The minimum Gasteiger partial charge on any atom is -0.486 e. The SMILES string of the molecule is O=C(NCCc1ccccc1)C(=O)NC[C@@H]1OCCN1S(=O)(=O)c1ccc2c(c1)OCCO2. The number of sulfonamides is 1. The first-order valence-corrected chi connectivity index (χ1v) is 12.0. The Morgan fingerprint density at radius 1 is 0.939 bits per heavy atom. The van der Waals surface area contributed by atoms with E-state index in [2.05, 4.69) is 10.6 Å². The van der Waals surface area contributed by atoms with Crippen LogP contribution in [0.4, 0.5) is 0 Å². The van der Waals surface area contributed by atoms with Gasteiger partial charge in [-0.15, -0.1) is 0 Å². The van der Waals surface area contributed by atoms with Crippen LogP contribution in [0.25, 0.3) is 0 Å². The van der Waals surface area contributed by atoms with Crippen LogP contribution in [0, 0.1) is 0 Å². The molecule has 1 atom stereocenters. The number of carbonyl (C=O) groups excluding carboxylic acids is 2. The van der Waals surface area contributed by atoms with E-state index in [9.17, 15) is 18.0 Å². The van der Waals surface area contributed by atoms with Gasteiger partial charge in [-0.25, -0.2) is 8.42 Å². The van der Waals surface area contributed by atoms with E-state index in [1.165, 1.54) is 12.1 Å². The molecule has 2 aromatic rings. The van der Waals surface area contributed by atoms with Crippen LogP contribution in [0.1, 0.15) is 5.56 Å². The van der Waals surface area contributed by atoms with Crippen molar-refractivity contribution in [2.24, 2.45) is 0 Å². The molecule has 2 amide bonds. The van der Waals surface area contributed by atoms with Gasteiger partial charge in [0, 0.05) is 19.2 Å². The largest absolute Gasteiger partial charge is 0.486 e. The summed E-state index contributed by atoms with van der Waals surface area (Å²) in [6.07, 6.45) is -0.336. The quantitative estimate of drug-likeness (QED) is 0.552. The molecule has 0 unspecified atom stereocenters. The average molecular weight is 476 g/mol. The summed E-state index contributed by atoms with van der Waals surface area (Å²) in [6, 6.07) is 14.0. The molecule has 2 aliphatic heterocycles. The number of amides is 2. The van der Waals surface area contributed by atoms with E-state index in [1.807, 2.05) is 30.3 Å². The monoisotopic (exact) mass is 475 g/mol. The molecule has 2 N–H and O–H groups in total. The Bertz CT molecular complexity index is 1110. The van der Waals surface area contributed by atoms with Gasteiger partial charge >= 0.3 is 11.8 Å². The number of hydrogen-bond acceptors (Lipinski definition) is 7. The van der Waals surface area contributed by atoms with E-state index < -0.39 is 28.1 Å². The maximum absolute atomic E-state index is 13.1. The molecule has 0 aromatic heterocycles. The van der Waals surface area contributed by atoms with Crippen LogP contribution < -0.4 is 20.1 Å². The van der Waals surface area contributed by atoms with Crippen molar-refractivity contribution in [3.8, 4) is 11.5 Å². The highest BCUT2D eigenvalue weighted by molar-refractivity contribution is 7.89. The predicted molar refractivity (Wildman–Crippen MR) is 117 cm³/mol. The van der Waals surface area contributed by atoms with Gasteiger partial charge in [0.2, 0.25) is 10.0 Å². The summed E-state index contributed by atoms with van der Waals surface area (Å²) in [5.41, 5.74) is 1.04. The van der Waals surface area contributed by atoms with Gasteiger partial charge < -0.3 is 24.8 Å². The Morgan fingerprint density at radius 2 is 1.67 bits per heavy atom. The molecule has 1 saturated heterocycles. The van der Waals surface area contributed by atoms with Gasteiger partial charge in [0.1, 0.15) is 19.4 Å². The number of carbonyl (C=O) groups is 2. The minimum absolute atomic E-state index is 0.0345. The second kappa shape index (κ2) is 10.2. The summed E-state index contributed by atoms with van der Waals surface area (Å²) in [7, 11) is -3.91. The van der Waals surface area contributed by atoms with Crippen molar-refractivity contribution >= 4 is 21.8 Å².